The molecule has 0 spiro atoms. The molecule has 412 valence electrons. The molecule has 13 nitrogen and oxygen atoms in total. The third-order valence-electron chi connectivity index (χ3n) is 11.7. The second kappa shape index (κ2) is 32.8. The summed E-state index contributed by atoms with van der Waals surface area (Å²) in [5.41, 5.74) is 25.5. The number of hydrogen-bond acceptors (Lipinski definition) is 12. The molecule has 0 aliphatic rings. The normalized spacial score (nSPS) is 10.2. The number of pyridine rings is 2. The second-order valence-corrected chi connectivity index (χ2v) is 19.0. The van der Waals surface area contributed by atoms with Crippen molar-refractivity contribution in [1.82, 2.24) is 14.5 Å². The number of hydrogen-bond donors (Lipinski definition) is 4. The van der Waals surface area contributed by atoms with E-state index in [1.165, 1.54) is 6.92 Å². The Morgan fingerprint density at radius 3 is 1.50 bits per heavy atom. The zero-order valence-corrected chi connectivity index (χ0v) is 48.1. The number of nitrogen functional groups attached to an aromatic ring is 2. The second-order valence-electron chi connectivity index (χ2n) is 17.2. The highest BCUT2D eigenvalue weighted by Crippen LogP contribution is 2.34. The number of alkyl halides is 1. The highest BCUT2D eigenvalue weighted by atomic mass is 79.9. The van der Waals surface area contributed by atoms with E-state index >= 15 is 0 Å². The number of aliphatic hydroxyl groups is 1. The van der Waals surface area contributed by atoms with Crippen molar-refractivity contribution < 1.29 is 33.8 Å². The van der Waals surface area contributed by atoms with E-state index < -0.39 is 0 Å². The fourth-order valence-electron chi connectivity index (χ4n) is 7.51. The SMILES string of the molecule is CC(=O)c1ccccc1Cl.COc1ccc(-c2ccc(-c3ccccc3Cl)n2Cc2cccc(N)n2)cc1.COc1ccc(C(=O)CBr)cc1.NCc1cccc(N)n1.O=C(CCC(=O)c1ccccc1Cl)c1ccc(CO)cc1. The minimum atomic E-state index is -0.138. The molecule has 0 saturated carbocycles. The number of rotatable bonds is 16. The predicted molar refractivity (Wildman–Crippen MR) is 325 cm³/mol. The van der Waals surface area contributed by atoms with Gasteiger partial charge in [-0.3, -0.25) is 19.2 Å². The first kappa shape index (κ1) is 62.9. The quantitative estimate of drug-likeness (QED) is 0.0525. The average Bonchev–Trinajstić information content (AvgIpc) is 3.90. The molecule has 7 N–H and O–H groups in total. The minimum Gasteiger partial charge on any atom is -0.497 e. The summed E-state index contributed by atoms with van der Waals surface area (Å²) in [5, 5.41) is 11.0. The fraction of sp³-hybridized carbons (Fsp3) is 0.143. The molecule has 6 aromatic carbocycles. The van der Waals surface area contributed by atoms with Gasteiger partial charge in [0.05, 0.1) is 59.8 Å². The Balaban J connectivity index is 0.000000198. The Bertz CT molecular complexity index is 3450. The van der Waals surface area contributed by atoms with Gasteiger partial charge in [0.15, 0.2) is 23.1 Å². The molecule has 0 bridgehead atoms. The van der Waals surface area contributed by atoms with E-state index in [1.807, 2.05) is 72.8 Å². The maximum absolute atomic E-state index is 12.0. The monoisotopic (exact) mass is 1200 g/mol. The molecule has 0 saturated heterocycles. The van der Waals surface area contributed by atoms with Crippen molar-refractivity contribution in [3.63, 3.8) is 0 Å². The summed E-state index contributed by atoms with van der Waals surface area (Å²) in [4.78, 5) is 54.4. The lowest BCUT2D eigenvalue weighted by Crippen LogP contribution is -2.06. The number of methoxy groups -OCH3 is 2. The zero-order valence-electron chi connectivity index (χ0n) is 44.2. The number of anilines is 2. The van der Waals surface area contributed by atoms with Crippen LogP contribution >= 0.6 is 50.7 Å². The number of aromatic nitrogens is 3. The maximum atomic E-state index is 12.0. The van der Waals surface area contributed by atoms with Crippen LogP contribution in [0.3, 0.4) is 0 Å². The Hall–Kier alpha value is -7.95. The van der Waals surface area contributed by atoms with Crippen LogP contribution in [-0.4, -0.2) is 62.3 Å². The molecule has 0 radical (unpaired) electrons. The number of Topliss-reactive ketones (excluding diaryl/α,β-unsaturated/α-hetero) is 4. The number of ketones is 4. The highest BCUT2D eigenvalue weighted by molar-refractivity contribution is 9.09. The summed E-state index contributed by atoms with van der Waals surface area (Å²) in [7, 11) is 3.26. The van der Waals surface area contributed by atoms with E-state index in [2.05, 4.69) is 42.6 Å². The molecule has 17 heteroatoms. The van der Waals surface area contributed by atoms with Crippen LogP contribution in [0.25, 0.3) is 22.5 Å². The van der Waals surface area contributed by atoms with Crippen LogP contribution in [0.15, 0.2) is 194 Å². The van der Waals surface area contributed by atoms with Crippen LogP contribution in [0.4, 0.5) is 11.6 Å². The standard InChI is InChI=1S/C23H20ClN3O.C17H15ClO3.C9H9BrO2.C8H7ClO.C6H9N3/c1-28-18-11-9-16(10-12-18)21-13-14-22(19-6-2-3-7-20(19)24)27(21)15-17-5-4-8-23(25)26-17;18-15-4-2-1-3-14(15)17(21)10-9-16(20)13-7-5-12(11-19)6-8-13;1-12-8-4-2-7(3-5-8)9(11)6-10;1-6(10)7-4-2-3-5-8(7)9;7-4-5-2-1-3-6(8)9-5/h2-14H,15H2,1H3,(H2,25,26);1-8,19H,9-11H2;2-5H,6H2,1H3;2-5H,1H3;1-3H,4,7H2,(H2,8,9). The summed E-state index contributed by atoms with van der Waals surface area (Å²) in [6.45, 7) is 2.48. The Morgan fingerprint density at radius 1 is 0.537 bits per heavy atom. The predicted octanol–water partition coefficient (Wildman–Crippen LogP) is 14.1. The summed E-state index contributed by atoms with van der Waals surface area (Å²) < 4.78 is 12.5. The Kier molecular flexibility index (Phi) is 25.8. The third-order valence-corrected chi connectivity index (χ3v) is 13.2. The molecule has 0 aliphatic heterocycles. The van der Waals surface area contributed by atoms with Gasteiger partial charge in [0.25, 0.3) is 0 Å². The van der Waals surface area contributed by atoms with Crippen LogP contribution < -0.4 is 26.7 Å². The number of ether oxygens (including phenoxy) is 2. The van der Waals surface area contributed by atoms with E-state index in [4.69, 9.17) is 66.6 Å². The van der Waals surface area contributed by atoms with Gasteiger partial charge in [-0.25, -0.2) is 9.97 Å². The van der Waals surface area contributed by atoms with Crippen LogP contribution in [0.2, 0.25) is 15.1 Å². The van der Waals surface area contributed by atoms with Gasteiger partial charge in [0.2, 0.25) is 0 Å². The molecule has 3 heterocycles. The lowest BCUT2D eigenvalue weighted by atomic mass is 10.0. The topological polar surface area (TPSA) is 216 Å². The van der Waals surface area contributed by atoms with E-state index in [9.17, 15) is 19.2 Å². The van der Waals surface area contributed by atoms with Crippen molar-refractivity contribution in [2.75, 3.05) is 31.0 Å². The number of nitrogens with zero attached hydrogens (tertiary/aromatic N) is 3. The number of carbonyl (C=O) groups excluding carboxylic acids is 4. The molecular weight excluding hydrogens is 1140 g/mol. The molecule has 0 atom stereocenters. The smallest absolute Gasteiger partial charge is 0.173 e. The van der Waals surface area contributed by atoms with Crippen LogP contribution in [0, 0.1) is 0 Å². The average molecular weight is 1200 g/mol. The van der Waals surface area contributed by atoms with E-state index in [-0.39, 0.29) is 42.6 Å². The third kappa shape index (κ3) is 19.4. The molecule has 3 aromatic heterocycles. The van der Waals surface area contributed by atoms with Crippen molar-refractivity contribution in [3.8, 4) is 34.0 Å². The molecule has 80 heavy (non-hydrogen) atoms. The van der Waals surface area contributed by atoms with Crippen molar-refractivity contribution in [2.24, 2.45) is 5.73 Å². The van der Waals surface area contributed by atoms with Crippen molar-refractivity contribution >= 4 is 85.5 Å². The summed E-state index contributed by atoms with van der Waals surface area (Å²) in [5.74, 6) is 2.48. The van der Waals surface area contributed by atoms with E-state index in [0.717, 1.165) is 51.0 Å². The van der Waals surface area contributed by atoms with Gasteiger partial charge in [-0.2, -0.15) is 0 Å². The number of nitrogens with two attached hydrogens (primary N) is 3. The Morgan fingerprint density at radius 2 is 1.01 bits per heavy atom. The van der Waals surface area contributed by atoms with Gasteiger partial charge in [-0.15, -0.1) is 0 Å². The first-order valence-electron chi connectivity index (χ1n) is 24.8. The van der Waals surface area contributed by atoms with Gasteiger partial charge >= 0.3 is 0 Å². The molecule has 0 amide bonds. The summed E-state index contributed by atoms with van der Waals surface area (Å²) >= 11 is 21.2. The number of carbonyl (C=O) groups is 4. The summed E-state index contributed by atoms with van der Waals surface area (Å²) in [6.07, 6.45) is 0.271. The van der Waals surface area contributed by atoms with Gasteiger partial charge in [0.1, 0.15) is 23.1 Å². The largest absolute Gasteiger partial charge is 0.497 e. The van der Waals surface area contributed by atoms with Crippen LogP contribution in [-0.2, 0) is 19.7 Å². The maximum Gasteiger partial charge on any atom is 0.173 e. The van der Waals surface area contributed by atoms with Crippen molar-refractivity contribution in [1.29, 1.82) is 0 Å². The molecule has 9 aromatic rings. The summed E-state index contributed by atoms with van der Waals surface area (Å²) in [6, 6.07) is 58.8. The molecule has 0 unspecified atom stereocenters. The van der Waals surface area contributed by atoms with E-state index in [1.54, 1.807) is 123 Å². The van der Waals surface area contributed by atoms with Gasteiger partial charge in [-0.05, 0) is 133 Å². The zero-order chi connectivity index (χ0) is 58.0. The molecule has 9 rings (SSSR count). The van der Waals surface area contributed by atoms with Crippen molar-refractivity contribution in [3.05, 3.63) is 248 Å². The van der Waals surface area contributed by atoms with Crippen LogP contribution in [0.5, 0.6) is 11.5 Å². The molecule has 0 fully saturated rings. The first-order chi connectivity index (χ1) is 38.6. The number of benzene rings is 6. The van der Waals surface area contributed by atoms with Gasteiger partial charge < -0.3 is 36.3 Å². The fourth-order valence-corrected chi connectivity index (χ4v) is 8.57. The number of aliphatic hydroxyl groups excluding tert-OH is 1. The van der Waals surface area contributed by atoms with Crippen molar-refractivity contribution in [2.45, 2.75) is 39.5 Å². The van der Waals surface area contributed by atoms with E-state index in [0.29, 0.717) is 67.4 Å². The molecule has 0 aliphatic carbocycles. The lowest BCUT2D eigenvalue weighted by Gasteiger charge is -2.15. The Labute approximate surface area is 489 Å². The number of halogens is 4. The lowest BCUT2D eigenvalue weighted by molar-refractivity contribution is 0.0917. The minimum absolute atomic E-state index is 0.00519. The first-order valence-corrected chi connectivity index (χ1v) is 27.1. The highest BCUT2D eigenvalue weighted by Gasteiger charge is 2.16. The van der Waals surface area contributed by atoms with Gasteiger partial charge in [0, 0.05) is 57.9 Å². The molecular formula is C63H60BrCl3N6O7. The van der Waals surface area contributed by atoms with Gasteiger partial charge in [-0.1, -0.05) is 130 Å². The van der Waals surface area contributed by atoms with Crippen LogP contribution in [0.1, 0.15) is 78.1 Å².